The zero-order valence-electron chi connectivity index (χ0n) is 16.5. The van der Waals surface area contributed by atoms with E-state index in [0.29, 0.717) is 16.1 Å². The number of hydrogen-bond acceptors (Lipinski definition) is 8. The quantitative estimate of drug-likeness (QED) is 0.508. The van der Waals surface area contributed by atoms with Crippen LogP contribution in [0.15, 0.2) is 29.4 Å². The Morgan fingerprint density at radius 1 is 1.23 bits per heavy atom. The van der Waals surface area contributed by atoms with E-state index < -0.39 is 17.0 Å². The Morgan fingerprint density at radius 2 is 2.00 bits per heavy atom. The van der Waals surface area contributed by atoms with Crippen LogP contribution in [0.25, 0.3) is 0 Å². The number of aryl methyl sites for hydroxylation is 1. The van der Waals surface area contributed by atoms with E-state index >= 15 is 0 Å². The predicted octanol–water partition coefficient (Wildman–Crippen LogP) is 2.42. The van der Waals surface area contributed by atoms with E-state index in [0.717, 1.165) is 11.4 Å². The fourth-order valence-corrected chi connectivity index (χ4v) is 3.88. The van der Waals surface area contributed by atoms with Crippen molar-refractivity contribution in [2.75, 3.05) is 5.32 Å². The lowest BCUT2D eigenvalue weighted by Crippen LogP contribution is -2.25. The van der Waals surface area contributed by atoms with Crippen LogP contribution in [0.5, 0.6) is 0 Å². The summed E-state index contributed by atoms with van der Waals surface area (Å²) in [7, 11) is 1.73. The molecule has 0 radical (unpaired) electrons. The van der Waals surface area contributed by atoms with Crippen molar-refractivity contribution in [1.82, 2.24) is 30.3 Å². The molecule has 2 heterocycles. The molecule has 1 atom stereocenters. The average molecular weight is 450 g/mol. The summed E-state index contributed by atoms with van der Waals surface area (Å²) in [5, 5.41) is 22.8. The molecule has 9 nitrogen and oxygen atoms in total. The highest BCUT2D eigenvalue weighted by atomic mass is 32.2. The number of aromatic nitrogens is 5. The normalized spacial score (nSPS) is 11.9. The van der Waals surface area contributed by atoms with Crippen LogP contribution < -0.4 is 10.6 Å². The maximum Gasteiger partial charge on any atom is 0.254 e. The van der Waals surface area contributed by atoms with Crippen LogP contribution in [-0.4, -0.2) is 42.0 Å². The molecule has 0 unspecified atom stereocenters. The van der Waals surface area contributed by atoms with Crippen molar-refractivity contribution in [2.45, 2.75) is 37.2 Å². The van der Waals surface area contributed by atoms with Crippen molar-refractivity contribution >= 4 is 40.0 Å². The van der Waals surface area contributed by atoms with Gasteiger partial charge in [-0.1, -0.05) is 42.2 Å². The Kier molecular flexibility index (Phi) is 7.11. The third-order valence-corrected chi connectivity index (χ3v) is 6.22. The summed E-state index contributed by atoms with van der Waals surface area (Å²) in [6.07, 6.45) is 0.757. The van der Waals surface area contributed by atoms with E-state index in [9.17, 15) is 14.0 Å². The molecule has 158 valence electrons. The molecule has 0 bridgehead atoms. The van der Waals surface area contributed by atoms with Crippen molar-refractivity contribution in [3.63, 3.8) is 0 Å². The van der Waals surface area contributed by atoms with Crippen LogP contribution in [0.2, 0.25) is 0 Å². The molecule has 2 amide bonds. The lowest BCUT2D eigenvalue weighted by molar-refractivity contribution is -0.115. The van der Waals surface area contributed by atoms with Gasteiger partial charge in [0.05, 0.1) is 17.4 Å². The zero-order valence-corrected chi connectivity index (χ0v) is 18.2. The highest BCUT2D eigenvalue weighted by molar-refractivity contribution is 8.00. The molecule has 0 saturated carbocycles. The molecular weight excluding hydrogens is 429 g/mol. The first kappa shape index (κ1) is 21.8. The van der Waals surface area contributed by atoms with Gasteiger partial charge in [-0.2, -0.15) is 0 Å². The molecule has 2 aromatic heterocycles. The van der Waals surface area contributed by atoms with Gasteiger partial charge in [-0.15, -0.1) is 20.4 Å². The number of nitrogens with one attached hydrogen (secondary N) is 2. The van der Waals surface area contributed by atoms with Crippen molar-refractivity contribution < 1.29 is 14.0 Å². The maximum absolute atomic E-state index is 13.7. The number of hydrogen-bond donors (Lipinski definition) is 2. The van der Waals surface area contributed by atoms with E-state index in [1.165, 1.54) is 41.3 Å². The summed E-state index contributed by atoms with van der Waals surface area (Å²) in [6, 6.07) is 5.74. The van der Waals surface area contributed by atoms with Crippen LogP contribution >= 0.6 is 23.1 Å². The third kappa shape index (κ3) is 5.19. The summed E-state index contributed by atoms with van der Waals surface area (Å²) in [5.41, 5.74) is -0.0394. The van der Waals surface area contributed by atoms with E-state index in [-0.39, 0.29) is 18.0 Å². The summed E-state index contributed by atoms with van der Waals surface area (Å²) < 4.78 is 15.4. The fraction of sp³-hybridized carbons (Fsp3) is 0.333. The van der Waals surface area contributed by atoms with E-state index in [1.807, 2.05) is 6.92 Å². The number of rotatable bonds is 8. The summed E-state index contributed by atoms with van der Waals surface area (Å²) in [6.45, 7) is 3.79. The monoisotopic (exact) mass is 449 g/mol. The molecule has 3 aromatic rings. The number of carbonyl (C=O) groups is 2. The molecule has 3 rings (SSSR count). The Morgan fingerprint density at radius 3 is 2.70 bits per heavy atom. The van der Waals surface area contributed by atoms with Gasteiger partial charge in [0.2, 0.25) is 11.0 Å². The number of amides is 2. The lowest BCUT2D eigenvalue weighted by atomic mass is 10.2. The number of benzene rings is 1. The molecule has 0 aliphatic heterocycles. The maximum atomic E-state index is 13.7. The summed E-state index contributed by atoms with van der Waals surface area (Å²) in [5.74, 6) is -0.880. The van der Waals surface area contributed by atoms with Gasteiger partial charge in [0.1, 0.15) is 10.8 Å². The van der Waals surface area contributed by atoms with Gasteiger partial charge in [-0.05, 0) is 25.5 Å². The van der Waals surface area contributed by atoms with Gasteiger partial charge in [0.15, 0.2) is 11.0 Å². The van der Waals surface area contributed by atoms with Gasteiger partial charge in [0, 0.05) is 7.05 Å². The Hall–Kier alpha value is -2.86. The van der Waals surface area contributed by atoms with Gasteiger partial charge >= 0.3 is 0 Å². The van der Waals surface area contributed by atoms with Crippen molar-refractivity contribution in [3.05, 3.63) is 46.5 Å². The minimum Gasteiger partial charge on any atom is -0.345 e. The number of carbonyl (C=O) groups excluding carboxylic acids is 2. The SMILES string of the molecule is CCc1nnc(NC(=O)[C@H](C)Sc2nnc(CNC(=O)c3ccccc3F)n2C)s1. The van der Waals surface area contributed by atoms with Crippen LogP contribution in [0.4, 0.5) is 9.52 Å². The summed E-state index contributed by atoms with van der Waals surface area (Å²) >= 11 is 2.56. The molecule has 0 fully saturated rings. The van der Waals surface area contributed by atoms with E-state index in [4.69, 9.17) is 0 Å². The third-order valence-electron chi connectivity index (χ3n) is 4.10. The minimum absolute atomic E-state index is 0.0394. The molecular formula is C18H20FN7O2S2. The van der Waals surface area contributed by atoms with E-state index in [2.05, 4.69) is 31.0 Å². The second kappa shape index (κ2) is 9.76. The Balaban J connectivity index is 1.57. The molecule has 12 heteroatoms. The average Bonchev–Trinajstić information content (AvgIpc) is 3.33. The summed E-state index contributed by atoms with van der Waals surface area (Å²) in [4.78, 5) is 24.5. The second-order valence-electron chi connectivity index (χ2n) is 6.22. The largest absolute Gasteiger partial charge is 0.345 e. The molecule has 2 N–H and O–H groups in total. The minimum atomic E-state index is -0.592. The highest BCUT2D eigenvalue weighted by Crippen LogP contribution is 2.23. The first-order valence-electron chi connectivity index (χ1n) is 9.10. The first-order chi connectivity index (χ1) is 14.4. The zero-order chi connectivity index (χ0) is 21.7. The smallest absolute Gasteiger partial charge is 0.254 e. The van der Waals surface area contributed by atoms with Crippen LogP contribution in [0, 0.1) is 5.82 Å². The van der Waals surface area contributed by atoms with Gasteiger partial charge in [-0.3, -0.25) is 14.9 Å². The molecule has 0 aliphatic carbocycles. The van der Waals surface area contributed by atoms with E-state index in [1.54, 1.807) is 24.6 Å². The Labute approximate surface area is 180 Å². The van der Waals surface area contributed by atoms with Crippen molar-refractivity contribution in [1.29, 1.82) is 0 Å². The number of anilines is 1. The second-order valence-corrected chi connectivity index (χ2v) is 8.59. The Bertz CT molecular complexity index is 1050. The molecule has 0 aliphatic rings. The number of nitrogens with zero attached hydrogens (tertiary/aromatic N) is 5. The molecule has 30 heavy (non-hydrogen) atoms. The molecule has 0 spiro atoms. The van der Waals surface area contributed by atoms with Gasteiger partial charge < -0.3 is 9.88 Å². The first-order valence-corrected chi connectivity index (χ1v) is 10.8. The standard InChI is InChI=1S/C18H20FN7O2S2/c1-4-14-23-24-17(30-14)21-15(27)10(2)29-18-25-22-13(26(18)3)9-20-16(28)11-7-5-6-8-12(11)19/h5-8,10H,4,9H2,1-3H3,(H,20,28)(H,21,24,27)/t10-/m0/s1. The van der Waals surface area contributed by atoms with Crippen LogP contribution in [-0.2, 0) is 24.8 Å². The fourth-order valence-electron chi connectivity index (χ4n) is 2.37. The topological polar surface area (TPSA) is 115 Å². The van der Waals surface area contributed by atoms with Crippen molar-refractivity contribution in [3.8, 4) is 0 Å². The van der Waals surface area contributed by atoms with Crippen LogP contribution in [0.3, 0.4) is 0 Å². The molecule has 0 saturated heterocycles. The number of halogens is 1. The highest BCUT2D eigenvalue weighted by Gasteiger charge is 2.20. The van der Waals surface area contributed by atoms with Gasteiger partial charge in [0.25, 0.3) is 5.91 Å². The lowest BCUT2D eigenvalue weighted by Gasteiger charge is -2.10. The molecule has 1 aromatic carbocycles. The van der Waals surface area contributed by atoms with Gasteiger partial charge in [-0.25, -0.2) is 4.39 Å². The van der Waals surface area contributed by atoms with Crippen LogP contribution in [0.1, 0.15) is 35.0 Å². The van der Waals surface area contributed by atoms with Crippen molar-refractivity contribution in [2.24, 2.45) is 7.05 Å². The number of thioether (sulfide) groups is 1. The predicted molar refractivity (Wildman–Crippen MR) is 112 cm³/mol.